The summed E-state index contributed by atoms with van der Waals surface area (Å²) in [7, 11) is 0. The Morgan fingerprint density at radius 1 is 1.47 bits per heavy atom. The molecule has 1 rings (SSSR count). The Balaban J connectivity index is 2.61. The van der Waals surface area contributed by atoms with Crippen molar-refractivity contribution in [3.8, 4) is 0 Å². The molecule has 0 aliphatic carbocycles. The van der Waals surface area contributed by atoms with Gasteiger partial charge in [-0.2, -0.15) is 0 Å². The second-order valence-electron chi connectivity index (χ2n) is 3.40. The molecular weight excluding hydrogens is 220 g/mol. The zero-order valence-corrected chi connectivity index (χ0v) is 9.63. The average Bonchev–Trinajstić information content (AvgIpc) is 2.36. The molecule has 1 aromatic rings. The van der Waals surface area contributed by atoms with Gasteiger partial charge in [0.1, 0.15) is 0 Å². The number of rotatable bonds is 4. The monoisotopic (exact) mass is 236 g/mol. The first-order valence-electron chi connectivity index (χ1n) is 5.24. The van der Waals surface area contributed by atoms with Crippen LogP contribution in [0.2, 0.25) is 0 Å². The van der Waals surface area contributed by atoms with Gasteiger partial charge >= 0.3 is 6.03 Å². The van der Waals surface area contributed by atoms with Crippen LogP contribution < -0.4 is 11.1 Å². The lowest BCUT2D eigenvalue weighted by atomic mass is 10.3. The molecule has 0 saturated heterocycles. The predicted octanol–water partition coefficient (Wildman–Crippen LogP) is 1.29. The third kappa shape index (κ3) is 4.02. The minimum absolute atomic E-state index is 0.00457. The topological polar surface area (TPSA) is 90.9 Å². The fourth-order valence-corrected chi connectivity index (χ4v) is 1.28. The van der Waals surface area contributed by atoms with Crippen molar-refractivity contribution in [3.05, 3.63) is 30.3 Å². The average molecular weight is 236 g/mol. The van der Waals surface area contributed by atoms with Crippen LogP contribution in [0.3, 0.4) is 0 Å². The van der Waals surface area contributed by atoms with E-state index in [0.717, 1.165) is 0 Å². The van der Waals surface area contributed by atoms with Gasteiger partial charge in [0.15, 0.2) is 5.84 Å². The van der Waals surface area contributed by atoms with E-state index in [9.17, 15) is 4.79 Å². The largest absolute Gasteiger partial charge is 0.409 e. The van der Waals surface area contributed by atoms with Crippen LogP contribution in [0.25, 0.3) is 0 Å². The fraction of sp³-hybridized carbons (Fsp3) is 0.273. The van der Waals surface area contributed by atoms with E-state index in [1.54, 1.807) is 12.1 Å². The molecule has 2 amide bonds. The number of amides is 2. The first-order chi connectivity index (χ1) is 8.17. The molecule has 0 unspecified atom stereocenters. The zero-order valence-electron chi connectivity index (χ0n) is 9.63. The lowest BCUT2D eigenvalue weighted by Crippen LogP contribution is -2.40. The van der Waals surface area contributed by atoms with Gasteiger partial charge in [-0.25, -0.2) is 4.79 Å². The molecule has 0 bridgehead atoms. The number of oxime groups is 1. The van der Waals surface area contributed by atoms with Crippen molar-refractivity contribution < 1.29 is 10.0 Å². The van der Waals surface area contributed by atoms with Gasteiger partial charge in [0, 0.05) is 12.2 Å². The molecule has 0 spiro atoms. The van der Waals surface area contributed by atoms with Gasteiger partial charge in [-0.05, 0) is 19.1 Å². The maximum absolute atomic E-state index is 11.8. The molecule has 17 heavy (non-hydrogen) atoms. The van der Waals surface area contributed by atoms with Crippen LogP contribution >= 0.6 is 0 Å². The second-order valence-corrected chi connectivity index (χ2v) is 3.40. The lowest BCUT2D eigenvalue weighted by Gasteiger charge is -2.20. The maximum atomic E-state index is 11.8. The third-order valence-corrected chi connectivity index (χ3v) is 2.18. The van der Waals surface area contributed by atoms with Crippen LogP contribution in [-0.2, 0) is 0 Å². The van der Waals surface area contributed by atoms with E-state index in [-0.39, 0.29) is 18.4 Å². The summed E-state index contributed by atoms with van der Waals surface area (Å²) in [5.74, 6) is -0.00457. The number of urea groups is 1. The molecule has 0 saturated carbocycles. The number of likely N-dealkylation sites (N-methyl/N-ethyl adjacent to an activating group) is 1. The van der Waals surface area contributed by atoms with E-state index in [1.807, 2.05) is 25.1 Å². The van der Waals surface area contributed by atoms with E-state index < -0.39 is 0 Å². The van der Waals surface area contributed by atoms with Crippen molar-refractivity contribution in [2.45, 2.75) is 6.92 Å². The molecule has 0 radical (unpaired) electrons. The van der Waals surface area contributed by atoms with E-state index in [4.69, 9.17) is 10.9 Å². The minimum atomic E-state index is -0.287. The summed E-state index contributed by atoms with van der Waals surface area (Å²) in [5, 5.41) is 14.0. The van der Waals surface area contributed by atoms with Gasteiger partial charge in [-0.1, -0.05) is 23.4 Å². The highest BCUT2D eigenvalue weighted by Gasteiger charge is 2.12. The summed E-state index contributed by atoms with van der Waals surface area (Å²) in [6.45, 7) is 2.37. The van der Waals surface area contributed by atoms with Gasteiger partial charge in [0.2, 0.25) is 0 Å². The minimum Gasteiger partial charge on any atom is -0.409 e. The van der Waals surface area contributed by atoms with E-state index >= 15 is 0 Å². The number of nitrogens with one attached hydrogen (secondary N) is 1. The molecule has 6 heteroatoms. The van der Waals surface area contributed by atoms with E-state index in [2.05, 4.69) is 10.5 Å². The quantitative estimate of drug-likeness (QED) is 0.318. The lowest BCUT2D eigenvalue weighted by molar-refractivity contribution is 0.220. The number of anilines is 1. The van der Waals surface area contributed by atoms with Crippen LogP contribution in [0.4, 0.5) is 10.5 Å². The number of amidine groups is 1. The molecule has 0 aliphatic heterocycles. The van der Waals surface area contributed by atoms with Gasteiger partial charge in [-0.3, -0.25) is 0 Å². The van der Waals surface area contributed by atoms with Crippen molar-refractivity contribution in [2.75, 3.05) is 18.4 Å². The van der Waals surface area contributed by atoms with Crippen molar-refractivity contribution in [3.63, 3.8) is 0 Å². The third-order valence-electron chi connectivity index (χ3n) is 2.18. The molecule has 4 N–H and O–H groups in total. The Bertz CT molecular complexity index is 392. The molecule has 0 aromatic heterocycles. The van der Waals surface area contributed by atoms with Crippen LogP contribution in [0.15, 0.2) is 35.5 Å². The van der Waals surface area contributed by atoms with Crippen molar-refractivity contribution >= 4 is 17.6 Å². The standard InChI is InChI=1S/C11H16N4O2/c1-2-15(8-10(12)14-17)11(16)13-9-6-4-3-5-7-9/h3-7,17H,2,8H2,1H3,(H2,12,14)(H,13,16). The molecular formula is C11H16N4O2. The Morgan fingerprint density at radius 2 is 2.12 bits per heavy atom. The Labute approximate surface area is 99.7 Å². The number of benzene rings is 1. The number of carbonyl (C=O) groups is 1. The van der Waals surface area contributed by atoms with Crippen molar-refractivity contribution in [2.24, 2.45) is 10.9 Å². The van der Waals surface area contributed by atoms with E-state index in [1.165, 1.54) is 4.90 Å². The molecule has 92 valence electrons. The predicted molar refractivity (Wildman–Crippen MR) is 66.1 cm³/mol. The molecule has 1 aromatic carbocycles. The highest BCUT2D eigenvalue weighted by Crippen LogP contribution is 2.06. The molecule has 0 heterocycles. The van der Waals surface area contributed by atoms with Gasteiger partial charge in [-0.15, -0.1) is 0 Å². The summed E-state index contributed by atoms with van der Waals surface area (Å²) in [4.78, 5) is 13.3. The van der Waals surface area contributed by atoms with Crippen LogP contribution in [-0.4, -0.2) is 35.1 Å². The Morgan fingerprint density at radius 3 is 2.65 bits per heavy atom. The van der Waals surface area contributed by atoms with Crippen molar-refractivity contribution in [1.29, 1.82) is 0 Å². The Kier molecular flexibility index (Phi) is 4.80. The summed E-state index contributed by atoms with van der Waals surface area (Å²) in [6, 6.07) is 8.81. The van der Waals surface area contributed by atoms with Gasteiger partial charge < -0.3 is 21.2 Å². The van der Waals surface area contributed by atoms with Gasteiger partial charge in [0.05, 0.1) is 6.54 Å². The fourth-order valence-electron chi connectivity index (χ4n) is 1.28. The Hall–Kier alpha value is -2.24. The summed E-state index contributed by atoms with van der Waals surface area (Å²) in [5.41, 5.74) is 6.06. The van der Waals surface area contributed by atoms with Crippen LogP contribution in [0, 0.1) is 0 Å². The molecule has 6 nitrogen and oxygen atoms in total. The zero-order chi connectivity index (χ0) is 12.7. The second kappa shape index (κ2) is 6.37. The van der Waals surface area contributed by atoms with Crippen LogP contribution in [0.5, 0.6) is 0 Å². The highest BCUT2D eigenvalue weighted by molar-refractivity contribution is 5.93. The summed E-state index contributed by atoms with van der Waals surface area (Å²) < 4.78 is 0. The normalized spacial score (nSPS) is 11.0. The smallest absolute Gasteiger partial charge is 0.322 e. The maximum Gasteiger partial charge on any atom is 0.322 e. The van der Waals surface area contributed by atoms with E-state index in [0.29, 0.717) is 12.2 Å². The number of nitrogens with two attached hydrogens (primary N) is 1. The van der Waals surface area contributed by atoms with Crippen LogP contribution in [0.1, 0.15) is 6.92 Å². The van der Waals surface area contributed by atoms with Gasteiger partial charge in [0.25, 0.3) is 0 Å². The highest BCUT2D eigenvalue weighted by atomic mass is 16.4. The number of carbonyl (C=O) groups excluding carboxylic acids is 1. The molecule has 0 fully saturated rings. The molecule has 0 atom stereocenters. The summed E-state index contributed by atoms with van der Waals surface area (Å²) in [6.07, 6.45) is 0. The number of para-hydroxylation sites is 1. The number of nitrogens with zero attached hydrogens (tertiary/aromatic N) is 2. The van der Waals surface area contributed by atoms with Crippen molar-refractivity contribution in [1.82, 2.24) is 4.90 Å². The number of hydrogen-bond donors (Lipinski definition) is 3. The molecule has 0 aliphatic rings. The SMILES string of the molecule is CCN(CC(N)=NO)C(=O)Nc1ccccc1. The first kappa shape index (κ1) is 12.8. The number of hydrogen-bond acceptors (Lipinski definition) is 3. The summed E-state index contributed by atoms with van der Waals surface area (Å²) >= 11 is 0. The first-order valence-corrected chi connectivity index (χ1v) is 5.24.